The third kappa shape index (κ3) is 3.35. The minimum absolute atomic E-state index is 0.0196. The van der Waals surface area contributed by atoms with Crippen LogP contribution in [0.5, 0.6) is 0 Å². The van der Waals surface area contributed by atoms with Crippen LogP contribution in [0.1, 0.15) is 20.3 Å². The lowest BCUT2D eigenvalue weighted by Gasteiger charge is -2.35. The van der Waals surface area contributed by atoms with Gasteiger partial charge in [-0.05, 0) is 5.92 Å². The average Bonchev–Trinajstić information content (AvgIpc) is 2.44. The molecule has 0 radical (unpaired) electrons. The van der Waals surface area contributed by atoms with E-state index in [1.54, 1.807) is 9.80 Å². The Kier molecular flexibility index (Phi) is 5.40. The molecule has 1 aliphatic heterocycles. The standard InChI is InChI=1S/C12H23N3O3/c1-4-9(2)10(13)11(16)14-5-7-15(8-6-14)12(17)18-3/h9-10H,4-8,13H2,1-3H3/t9-,10-/m0/s1. The third-order valence-electron chi connectivity index (χ3n) is 3.57. The van der Waals surface area contributed by atoms with E-state index in [1.807, 2.05) is 13.8 Å². The van der Waals surface area contributed by atoms with Gasteiger partial charge in [0.1, 0.15) is 0 Å². The van der Waals surface area contributed by atoms with Crippen LogP contribution in [0, 0.1) is 5.92 Å². The number of rotatable bonds is 3. The maximum atomic E-state index is 12.1. The molecule has 0 aromatic rings. The number of nitrogens with zero attached hydrogens (tertiary/aromatic N) is 2. The number of nitrogens with two attached hydrogens (primary N) is 1. The molecule has 0 bridgehead atoms. The van der Waals surface area contributed by atoms with E-state index in [0.717, 1.165) is 6.42 Å². The van der Waals surface area contributed by atoms with Gasteiger partial charge < -0.3 is 20.3 Å². The summed E-state index contributed by atoms with van der Waals surface area (Å²) in [6.45, 7) is 6.06. The fraction of sp³-hybridized carbons (Fsp3) is 0.833. The lowest BCUT2D eigenvalue weighted by Crippen LogP contribution is -2.55. The summed E-state index contributed by atoms with van der Waals surface area (Å²) in [4.78, 5) is 26.7. The number of carbonyl (C=O) groups is 2. The number of hydrogen-bond donors (Lipinski definition) is 1. The van der Waals surface area contributed by atoms with Crippen molar-refractivity contribution in [3.8, 4) is 0 Å². The zero-order valence-electron chi connectivity index (χ0n) is 11.4. The van der Waals surface area contributed by atoms with Crippen LogP contribution in [-0.2, 0) is 9.53 Å². The largest absolute Gasteiger partial charge is 0.453 e. The predicted octanol–water partition coefficient (Wildman–Crippen LogP) is 0.270. The van der Waals surface area contributed by atoms with Gasteiger partial charge in [-0.3, -0.25) is 4.79 Å². The summed E-state index contributed by atoms with van der Waals surface area (Å²) in [7, 11) is 1.36. The fourth-order valence-corrected chi connectivity index (χ4v) is 1.95. The van der Waals surface area contributed by atoms with Crippen molar-refractivity contribution >= 4 is 12.0 Å². The molecule has 0 aromatic heterocycles. The highest BCUT2D eigenvalue weighted by Gasteiger charge is 2.29. The van der Waals surface area contributed by atoms with Crippen LogP contribution >= 0.6 is 0 Å². The molecule has 104 valence electrons. The normalized spacial score (nSPS) is 19.3. The molecule has 6 heteroatoms. The first-order valence-electron chi connectivity index (χ1n) is 6.38. The van der Waals surface area contributed by atoms with Crippen molar-refractivity contribution in [1.29, 1.82) is 0 Å². The van der Waals surface area contributed by atoms with Crippen molar-refractivity contribution in [1.82, 2.24) is 9.80 Å². The highest BCUT2D eigenvalue weighted by Crippen LogP contribution is 2.11. The quantitative estimate of drug-likeness (QED) is 0.787. The smallest absolute Gasteiger partial charge is 0.409 e. The van der Waals surface area contributed by atoms with Gasteiger partial charge in [0.2, 0.25) is 5.91 Å². The summed E-state index contributed by atoms with van der Waals surface area (Å²) in [6, 6.07) is -0.445. The van der Waals surface area contributed by atoms with Crippen molar-refractivity contribution in [2.45, 2.75) is 26.3 Å². The molecule has 0 saturated carbocycles. The first-order chi connectivity index (χ1) is 8.51. The van der Waals surface area contributed by atoms with Crippen LogP contribution in [0.3, 0.4) is 0 Å². The Morgan fingerprint density at radius 1 is 1.22 bits per heavy atom. The summed E-state index contributed by atoms with van der Waals surface area (Å²) < 4.78 is 4.65. The number of piperazine rings is 1. The second kappa shape index (κ2) is 6.58. The van der Waals surface area contributed by atoms with Crippen LogP contribution in [0.2, 0.25) is 0 Å². The van der Waals surface area contributed by atoms with E-state index in [4.69, 9.17) is 5.73 Å². The highest BCUT2D eigenvalue weighted by molar-refractivity contribution is 5.82. The van der Waals surface area contributed by atoms with Crippen LogP contribution in [0.4, 0.5) is 4.79 Å². The van der Waals surface area contributed by atoms with Crippen LogP contribution in [0.25, 0.3) is 0 Å². The van der Waals surface area contributed by atoms with E-state index in [2.05, 4.69) is 4.74 Å². The Labute approximate surface area is 108 Å². The molecule has 1 rings (SSSR count). The van der Waals surface area contributed by atoms with Gasteiger partial charge in [0.05, 0.1) is 13.2 Å². The van der Waals surface area contributed by atoms with Crippen LogP contribution < -0.4 is 5.73 Å². The first kappa shape index (κ1) is 14.8. The molecule has 1 heterocycles. The van der Waals surface area contributed by atoms with E-state index in [-0.39, 0.29) is 17.9 Å². The summed E-state index contributed by atoms with van der Waals surface area (Å²) in [5.74, 6) is 0.157. The lowest BCUT2D eigenvalue weighted by molar-refractivity contribution is -0.135. The van der Waals surface area contributed by atoms with Crippen LogP contribution in [-0.4, -0.2) is 61.1 Å². The average molecular weight is 257 g/mol. The molecular formula is C12H23N3O3. The maximum Gasteiger partial charge on any atom is 0.409 e. The fourth-order valence-electron chi connectivity index (χ4n) is 1.95. The SMILES string of the molecule is CC[C@H](C)[C@H](N)C(=O)N1CCN(C(=O)OC)CC1. The Morgan fingerprint density at radius 3 is 2.17 bits per heavy atom. The Bertz CT molecular complexity index is 301. The number of methoxy groups -OCH3 is 1. The summed E-state index contributed by atoms with van der Waals surface area (Å²) in [5.41, 5.74) is 5.93. The second-order valence-electron chi connectivity index (χ2n) is 4.69. The second-order valence-corrected chi connectivity index (χ2v) is 4.69. The molecule has 1 aliphatic rings. The van der Waals surface area contributed by atoms with Crippen molar-refractivity contribution in [2.75, 3.05) is 33.3 Å². The maximum absolute atomic E-state index is 12.1. The molecule has 0 aromatic carbocycles. The van der Waals surface area contributed by atoms with Gasteiger partial charge in [0.15, 0.2) is 0 Å². The minimum atomic E-state index is -0.445. The molecular weight excluding hydrogens is 234 g/mol. The molecule has 0 unspecified atom stereocenters. The van der Waals surface area contributed by atoms with Gasteiger partial charge >= 0.3 is 6.09 Å². The van der Waals surface area contributed by atoms with E-state index in [1.165, 1.54) is 7.11 Å². The van der Waals surface area contributed by atoms with Gasteiger partial charge in [0, 0.05) is 26.2 Å². The van der Waals surface area contributed by atoms with Crippen molar-refractivity contribution < 1.29 is 14.3 Å². The first-order valence-corrected chi connectivity index (χ1v) is 6.38. The zero-order valence-corrected chi connectivity index (χ0v) is 11.4. The summed E-state index contributed by atoms with van der Waals surface area (Å²) in [6.07, 6.45) is 0.544. The molecule has 2 amide bonds. The molecule has 2 atom stereocenters. The number of amides is 2. The van der Waals surface area contributed by atoms with Gasteiger partial charge in [-0.2, -0.15) is 0 Å². The predicted molar refractivity (Wildman–Crippen MR) is 68.0 cm³/mol. The van der Waals surface area contributed by atoms with Gasteiger partial charge in [-0.1, -0.05) is 20.3 Å². The zero-order chi connectivity index (χ0) is 13.7. The summed E-state index contributed by atoms with van der Waals surface area (Å²) >= 11 is 0. The Balaban J connectivity index is 2.47. The number of ether oxygens (including phenoxy) is 1. The Hall–Kier alpha value is -1.30. The van der Waals surface area contributed by atoms with E-state index in [0.29, 0.717) is 26.2 Å². The molecule has 1 saturated heterocycles. The van der Waals surface area contributed by atoms with E-state index < -0.39 is 6.04 Å². The van der Waals surface area contributed by atoms with Gasteiger partial charge in [0.25, 0.3) is 0 Å². The minimum Gasteiger partial charge on any atom is -0.453 e. The molecule has 1 fully saturated rings. The molecule has 6 nitrogen and oxygen atoms in total. The monoisotopic (exact) mass is 257 g/mol. The number of carbonyl (C=O) groups excluding carboxylic acids is 2. The highest BCUT2D eigenvalue weighted by atomic mass is 16.5. The van der Waals surface area contributed by atoms with Gasteiger partial charge in [-0.15, -0.1) is 0 Å². The topological polar surface area (TPSA) is 75.9 Å². The molecule has 18 heavy (non-hydrogen) atoms. The molecule has 2 N–H and O–H groups in total. The van der Waals surface area contributed by atoms with Crippen molar-refractivity contribution in [3.05, 3.63) is 0 Å². The van der Waals surface area contributed by atoms with E-state index >= 15 is 0 Å². The van der Waals surface area contributed by atoms with Gasteiger partial charge in [-0.25, -0.2) is 4.79 Å². The summed E-state index contributed by atoms with van der Waals surface area (Å²) in [5, 5.41) is 0. The van der Waals surface area contributed by atoms with Crippen molar-refractivity contribution in [3.63, 3.8) is 0 Å². The van der Waals surface area contributed by atoms with Crippen molar-refractivity contribution in [2.24, 2.45) is 11.7 Å². The molecule has 0 spiro atoms. The molecule has 0 aliphatic carbocycles. The number of hydrogen-bond acceptors (Lipinski definition) is 4. The van der Waals surface area contributed by atoms with E-state index in [9.17, 15) is 9.59 Å². The Morgan fingerprint density at radius 2 is 1.72 bits per heavy atom. The van der Waals surface area contributed by atoms with Crippen LogP contribution in [0.15, 0.2) is 0 Å². The lowest BCUT2D eigenvalue weighted by atomic mass is 9.98. The third-order valence-corrected chi connectivity index (χ3v) is 3.57.